The zero-order valence-electron chi connectivity index (χ0n) is 43.2. The minimum atomic E-state index is 1.21. The van der Waals surface area contributed by atoms with Crippen LogP contribution in [0, 0.1) is 0 Å². The van der Waals surface area contributed by atoms with Gasteiger partial charge in [-0.1, -0.05) is 324 Å². The monoisotopic (exact) mass is 913 g/mol. The molecule has 0 radical (unpaired) electrons. The molecule has 10 aromatic carbocycles. The van der Waals surface area contributed by atoms with Gasteiger partial charge in [0.1, 0.15) is 0 Å². The third-order valence-electron chi connectivity index (χ3n) is 11.6. The highest BCUT2D eigenvalue weighted by Crippen LogP contribution is 2.33. The van der Waals surface area contributed by atoms with Gasteiger partial charge in [0.15, 0.2) is 0 Å². The van der Waals surface area contributed by atoms with Crippen LogP contribution in [0.15, 0.2) is 255 Å². The lowest BCUT2D eigenvalue weighted by Gasteiger charge is -2.09. The Morgan fingerprint density at radius 3 is 0.257 bits per heavy atom. The molecule has 0 aliphatic carbocycles. The molecule has 0 unspecified atom stereocenters. The highest BCUT2D eigenvalue weighted by Gasteiger charge is 2.07. The lowest BCUT2D eigenvalue weighted by Crippen LogP contribution is -1.84. The molecule has 352 valence electrons. The first-order chi connectivity index (χ1) is 34.7. The maximum Gasteiger partial charge on any atom is -0.0184 e. The molecule has 0 nitrogen and oxygen atoms in total. The van der Waals surface area contributed by atoms with Crippen molar-refractivity contribution in [3.63, 3.8) is 0 Å². The van der Waals surface area contributed by atoms with Crippen LogP contribution in [0.2, 0.25) is 0 Å². The Morgan fingerprint density at radius 2 is 0.171 bits per heavy atom. The molecule has 0 saturated carbocycles. The molecule has 0 heteroatoms. The summed E-state index contributed by atoms with van der Waals surface area (Å²) in [6.07, 6.45) is 0. The average Bonchev–Trinajstić information content (AvgIpc) is 3.48. The number of benzene rings is 10. The second-order valence-corrected chi connectivity index (χ2v) is 15.4. The molecule has 0 bridgehead atoms. The van der Waals surface area contributed by atoms with Gasteiger partial charge in [-0.05, 0) is 100 Å². The van der Waals surface area contributed by atoms with Gasteiger partial charge in [0.2, 0.25) is 0 Å². The van der Waals surface area contributed by atoms with E-state index in [9.17, 15) is 0 Å². The van der Waals surface area contributed by atoms with Gasteiger partial charge in [-0.15, -0.1) is 0 Å². The van der Waals surface area contributed by atoms with Crippen molar-refractivity contribution in [3.05, 3.63) is 255 Å². The van der Waals surface area contributed by atoms with E-state index in [0.717, 1.165) is 0 Å². The number of rotatable bonds is 9. The van der Waals surface area contributed by atoms with Crippen molar-refractivity contribution in [3.8, 4) is 100 Å². The van der Waals surface area contributed by atoms with Crippen molar-refractivity contribution in [2.24, 2.45) is 0 Å². The van der Waals surface area contributed by atoms with Gasteiger partial charge in [0, 0.05) is 0 Å². The molecule has 10 rings (SSSR count). The fourth-order valence-corrected chi connectivity index (χ4v) is 8.10. The van der Waals surface area contributed by atoms with E-state index in [1.807, 2.05) is 69.2 Å². The van der Waals surface area contributed by atoms with E-state index in [0.29, 0.717) is 0 Å². The molecule has 70 heavy (non-hydrogen) atoms. The van der Waals surface area contributed by atoms with Gasteiger partial charge in [0.25, 0.3) is 0 Å². The van der Waals surface area contributed by atoms with E-state index in [-0.39, 0.29) is 0 Å². The van der Waals surface area contributed by atoms with Crippen LogP contribution in [-0.2, 0) is 0 Å². The maximum atomic E-state index is 2.23. The molecule has 0 fully saturated rings. The zero-order chi connectivity index (χ0) is 50.1. The second-order valence-electron chi connectivity index (χ2n) is 15.4. The summed E-state index contributed by atoms with van der Waals surface area (Å²) in [6.45, 7) is 20.0. The highest BCUT2D eigenvalue weighted by atomic mass is 14.1. The Balaban J connectivity index is 0.000000860. The van der Waals surface area contributed by atoms with Crippen LogP contribution in [0.5, 0.6) is 0 Å². The minimum absolute atomic E-state index is 1.21. The molecule has 0 amide bonds. The van der Waals surface area contributed by atoms with E-state index in [2.05, 4.69) is 255 Å². The van der Waals surface area contributed by atoms with Crippen LogP contribution in [0.4, 0.5) is 0 Å². The van der Waals surface area contributed by atoms with Gasteiger partial charge in [-0.25, -0.2) is 0 Å². The topological polar surface area (TPSA) is 0 Å². The fourth-order valence-electron chi connectivity index (χ4n) is 8.10. The van der Waals surface area contributed by atoms with E-state index >= 15 is 0 Å². The molecule has 0 saturated heterocycles. The largest absolute Gasteiger partial charge is 0.0683 e. The van der Waals surface area contributed by atoms with Gasteiger partial charge in [-0.3, -0.25) is 0 Å². The van der Waals surface area contributed by atoms with Crippen LogP contribution in [0.25, 0.3) is 100 Å². The number of hydrogen-bond acceptors (Lipinski definition) is 0. The summed E-state index contributed by atoms with van der Waals surface area (Å²) in [7, 11) is 0. The molecular formula is C70H72. The Morgan fingerprint density at radius 1 is 0.100 bits per heavy atom. The van der Waals surface area contributed by atoms with Gasteiger partial charge >= 0.3 is 0 Å². The SMILES string of the molecule is CC.CC.CC.CC.CC.c1ccc(-c2ccc(-c3ccc(-c4ccc(-c5ccc(-c6ccc(-c7ccc(-c8ccc(-c9ccc(-c%10ccccc%10)cc9)cc8)cc7)cc6)cc5)cc4)cc3)cc2)cc1. The third kappa shape index (κ3) is 13.7. The summed E-state index contributed by atoms with van der Waals surface area (Å²) in [5.41, 5.74) is 22.0. The fraction of sp³-hybridized carbons (Fsp3) is 0.143. The molecule has 0 aromatic heterocycles. The van der Waals surface area contributed by atoms with Crippen molar-refractivity contribution in [2.75, 3.05) is 0 Å². The maximum absolute atomic E-state index is 2.23. The van der Waals surface area contributed by atoms with Crippen LogP contribution in [0.3, 0.4) is 0 Å². The average molecular weight is 913 g/mol. The van der Waals surface area contributed by atoms with Crippen molar-refractivity contribution < 1.29 is 0 Å². The lowest BCUT2D eigenvalue weighted by atomic mass is 9.95. The van der Waals surface area contributed by atoms with Crippen LogP contribution in [-0.4, -0.2) is 0 Å². The van der Waals surface area contributed by atoms with Crippen molar-refractivity contribution in [1.29, 1.82) is 0 Å². The summed E-state index contributed by atoms with van der Waals surface area (Å²) in [5, 5.41) is 0. The molecule has 0 heterocycles. The predicted molar refractivity (Wildman–Crippen MR) is 312 cm³/mol. The molecule has 0 aliphatic rings. The Labute approximate surface area is 422 Å². The van der Waals surface area contributed by atoms with Crippen molar-refractivity contribution in [2.45, 2.75) is 69.2 Å². The minimum Gasteiger partial charge on any atom is -0.0683 e. The molecular weight excluding hydrogens is 841 g/mol. The Hall–Kier alpha value is -7.80. The standard InChI is InChI=1S/C60H42.5C2H6/c1-3-7-43(8-4-1)45-11-15-47(16-12-45)49-19-23-51(24-20-49)53-27-31-55(32-28-53)57-35-39-59(40-36-57)60-41-37-58(38-42-60)56-33-29-54(30-34-56)52-25-21-50(22-26-52)48-17-13-46(14-18-48)44-9-5-2-6-10-44;5*1-2/h1-42H;5*1-2H3. The molecule has 0 spiro atoms. The summed E-state index contributed by atoms with van der Waals surface area (Å²) in [6, 6.07) is 92.0. The third-order valence-corrected chi connectivity index (χ3v) is 11.6. The molecule has 0 aliphatic heterocycles. The van der Waals surface area contributed by atoms with Crippen LogP contribution >= 0.6 is 0 Å². The van der Waals surface area contributed by atoms with Crippen molar-refractivity contribution in [1.82, 2.24) is 0 Å². The van der Waals surface area contributed by atoms with Gasteiger partial charge in [-0.2, -0.15) is 0 Å². The first-order valence-corrected chi connectivity index (χ1v) is 25.6. The normalized spacial score (nSPS) is 9.86. The summed E-state index contributed by atoms with van der Waals surface area (Å²) >= 11 is 0. The van der Waals surface area contributed by atoms with Crippen molar-refractivity contribution >= 4 is 0 Å². The van der Waals surface area contributed by atoms with Crippen LogP contribution in [0.1, 0.15) is 69.2 Å². The second kappa shape index (κ2) is 28.5. The van der Waals surface area contributed by atoms with E-state index in [1.54, 1.807) is 0 Å². The smallest absolute Gasteiger partial charge is 0.0184 e. The highest BCUT2D eigenvalue weighted by molar-refractivity contribution is 5.79. The van der Waals surface area contributed by atoms with E-state index < -0.39 is 0 Å². The van der Waals surface area contributed by atoms with E-state index in [4.69, 9.17) is 0 Å². The van der Waals surface area contributed by atoms with Gasteiger partial charge < -0.3 is 0 Å². The lowest BCUT2D eigenvalue weighted by molar-refractivity contribution is 1.50. The van der Waals surface area contributed by atoms with Gasteiger partial charge in [0.05, 0.1) is 0 Å². The first kappa shape index (κ1) is 53.2. The summed E-state index contributed by atoms with van der Waals surface area (Å²) < 4.78 is 0. The summed E-state index contributed by atoms with van der Waals surface area (Å²) in [5.74, 6) is 0. The Bertz CT molecular complexity index is 2730. The summed E-state index contributed by atoms with van der Waals surface area (Å²) in [4.78, 5) is 0. The van der Waals surface area contributed by atoms with Crippen LogP contribution < -0.4 is 0 Å². The number of hydrogen-bond donors (Lipinski definition) is 0. The predicted octanol–water partition coefficient (Wildman–Crippen LogP) is 21.8. The Kier molecular flexibility index (Phi) is 21.7. The zero-order valence-corrected chi connectivity index (χ0v) is 43.2. The quantitative estimate of drug-likeness (QED) is 0.135. The molecule has 0 N–H and O–H groups in total. The molecule has 10 aromatic rings. The van der Waals surface area contributed by atoms with E-state index in [1.165, 1.54) is 100 Å². The molecule has 0 atom stereocenters. The first-order valence-electron chi connectivity index (χ1n) is 25.6.